The molecule has 0 heterocycles. The summed E-state index contributed by atoms with van der Waals surface area (Å²) in [6.07, 6.45) is 12.6. The Morgan fingerprint density at radius 2 is 1.21 bits per heavy atom. The number of carbonyl (C=O) groups excluding carboxylic acids is 1. The lowest BCUT2D eigenvalue weighted by Crippen LogP contribution is -2.37. The van der Waals surface area contributed by atoms with Crippen molar-refractivity contribution in [3.05, 3.63) is 0 Å². The molecule has 0 atom stereocenters. The maximum atomic E-state index is 11.8. The molecule has 142 valence electrons. The first kappa shape index (κ1) is 22.7. The molecule has 0 aromatic rings. The summed E-state index contributed by atoms with van der Waals surface area (Å²) in [5.41, 5.74) is 0. The van der Waals surface area contributed by atoms with Gasteiger partial charge in [0.15, 0.2) is 0 Å². The van der Waals surface area contributed by atoms with Gasteiger partial charge in [-0.3, -0.25) is 0 Å². The molecule has 1 N–H and O–H groups in total. The van der Waals surface area contributed by atoms with Crippen LogP contribution in [0.15, 0.2) is 0 Å². The quantitative estimate of drug-likeness (QED) is 0.359. The van der Waals surface area contributed by atoms with Gasteiger partial charge in [-0.25, -0.2) is 14.5 Å². The highest BCUT2D eigenvalue weighted by molar-refractivity contribution is 5.86. The smallest absolute Gasteiger partial charge is 0.419 e. The molecule has 5 nitrogen and oxygen atoms in total. The maximum absolute atomic E-state index is 11.8. The highest BCUT2D eigenvalue weighted by atomic mass is 16.6. The lowest BCUT2D eigenvalue weighted by Gasteiger charge is -2.16. The van der Waals surface area contributed by atoms with Crippen molar-refractivity contribution in [2.75, 3.05) is 13.2 Å². The number of rotatable bonds is 15. The van der Waals surface area contributed by atoms with E-state index in [0.717, 1.165) is 43.4 Å². The molecule has 5 heteroatoms. The van der Waals surface area contributed by atoms with Crippen LogP contribution in [0.1, 0.15) is 97.3 Å². The molecule has 0 aliphatic rings. The Labute approximate surface area is 147 Å². The predicted octanol–water partition coefficient (Wildman–Crippen LogP) is 6.21. The van der Waals surface area contributed by atoms with Crippen molar-refractivity contribution in [1.29, 1.82) is 0 Å². The van der Waals surface area contributed by atoms with Crippen LogP contribution in [0.5, 0.6) is 0 Å². The largest absolute Gasteiger partial charge is 0.465 e. The van der Waals surface area contributed by atoms with Gasteiger partial charge in [0.1, 0.15) is 0 Å². The van der Waals surface area contributed by atoms with Gasteiger partial charge in [-0.2, -0.15) is 0 Å². The van der Waals surface area contributed by atoms with E-state index in [1.54, 1.807) is 0 Å². The third-order valence-corrected chi connectivity index (χ3v) is 4.16. The van der Waals surface area contributed by atoms with Gasteiger partial charge in [-0.05, 0) is 12.8 Å². The molecule has 0 rings (SSSR count). The minimum Gasteiger partial charge on any atom is -0.465 e. The van der Waals surface area contributed by atoms with Crippen molar-refractivity contribution in [3.8, 4) is 0 Å². The Bertz CT molecular complexity index is 320. The molecule has 24 heavy (non-hydrogen) atoms. The van der Waals surface area contributed by atoms with Crippen molar-refractivity contribution in [3.63, 3.8) is 0 Å². The van der Waals surface area contributed by atoms with Crippen molar-refractivity contribution in [2.45, 2.75) is 97.3 Å². The molecule has 0 fully saturated rings. The SMILES string of the molecule is CCCCCCCCCCCOC(=O)N(CCCCCC)C(=O)O. The molecule has 0 saturated carbocycles. The summed E-state index contributed by atoms with van der Waals surface area (Å²) in [5, 5.41) is 9.09. The molecule has 0 saturated heterocycles. The van der Waals surface area contributed by atoms with Gasteiger partial charge in [0.05, 0.1) is 6.61 Å². The van der Waals surface area contributed by atoms with Crippen LogP contribution in [0.2, 0.25) is 0 Å². The van der Waals surface area contributed by atoms with E-state index in [0.29, 0.717) is 13.0 Å². The number of hydrogen-bond donors (Lipinski definition) is 1. The number of ether oxygens (including phenoxy) is 1. The third kappa shape index (κ3) is 13.2. The Kier molecular flexibility index (Phi) is 15.7. The molecule has 0 bridgehead atoms. The molecule has 0 unspecified atom stereocenters. The fourth-order valence-electron chi connectivity index (χ4n) is 2.61. The summed E-state index contributed by atoms with van der Waals surface area (Å²) in [6.45, 7) is 4.85. The number of amides is 2. The minimum atomic E-state index is -1.22. The van der Waals surface area contributed by atoms with Gasteiger partial charge in [-0.15, -0.1) is 0 Å². The number of hydrogen-bond acceptors (Lipinski definition) is 3. The van der Waals surface area contributed by atoms with E-state index >= 15 is 0 Å². The number of carbonyl (C=O) groups is 2. The van der Waals surface area contributed by atoms with Crippen LogP contribution >= 0.6 is 0 Å². The first-order valence-electron chi connectivity index (χ1n) is 9.80. The zero-order chi connectivity index (χ0) is 18.0. The van der Waals surface area contributed by atoms with Crippen LogP contribution in [0.25, 0.3) is 0 Å². The first-order chi connectivity index (χ1) is 11.6. The molecular weight excluding hydrogens is 306 g/mol. The Morgan fingerprint density at radius 3 is 1.71 bits per heavy atom. The summed E-state index contributed by atoms with van der Waals surface area (Å²) < 4.78 is 5.09. The Morgan fingerprint density at radius 1 is 0.750 bits per heavy atom. The summed E-state index contributed by atoms with van der Waals surface area (Å²) in [7, 11) is 0. The molecule has 0 aromatic carbocycles. The van der Waals surface area contributed by atoms with Crippen molar-refractivity contribution in [1.82, 2.24) is 4.90 Å². The average molecular weight is 344 g/mol. The lowest BCUT2D eigenvalue weighted by atomic mass is 10.1. The Hall–Kier alpha value is -1.26. The number of imide groups is 1. The Balaban J connectivity index is 3.64. The van der Waals surface area contributed by atoms with Crippen molar-refractivity contribution >= 4 is 12.2 Å². The van der Waals surface area contributed by atoms with Gasteiger partial charge in [-0.1, -0.05) is 84.5 Å². The summed E-state index contributed by atoms with van der Waals surface area (Å²) in [6, 6.07) is 0. The zero-order valence-corrected chi connectivity index (χ0v) is 15.7. The molecular formula is C19H37NO4. The van der Waals surface area contributed by atoms with Crippen LogP contribution in [0.4, 0.5) is 9.59 Å². The second kappa shape index (κ2) is 16.6. The van der Waals surface area contributed by atoms with E-state index in [-0.39, 0.29) is 6.54 Å². The topological polar surface area (TPSA) is 66.8 Å². The fourth-order valence-corrected chi connectivity index (χ4v) is 2.61. The van der Waals surface area contributed by atoms with Crippen LogP contribution in [0.3, 0.4) is 0 Å². The van der Waals surface area contributed by atoms with E-state index in [2.05, 4.69) is 13.8 Å². The number of nitrogens with zero attached hydrogens (tertiary/aromatic N) is 1. The average Bonchev–Trinajstić information content (AvgIpc) is 2.56. The van der Waals surface area contributed by atoms with Gasteiger partial charge >= 0.3 is 12.2 Å². The van der Waals surface area contributed by atoms with Crippen molar-refractivity contribution < 1.29 is 19.4 Å². The van der Waals surface area contributed by atoms with Crippen LogP contribution in [-0.2, 0) is 4.74 Å². The van der Waals surface area contributed by atoms with Gasteiger partial charge in [0.2, 0.25) is 0 Å². The molecule has 2 amide bonds. The van der Waals surface area contributed by atoms with E-state index < -0.39 is 12.2 Å². The van der Waals surface area contributed by atoms with Gasteiger partial charge < -0.3 is 9.84 Å². The van der Waals surface area contributed by atoms with E-state index in [9.17, 15) is 9.59 Å². The maximum Gasteiger partial charge on any atom is 0.419 e. The van der Waals surface area contributed by atoms with Crippen LogP contribution in [-0.4, -0.2) is 35.3 Å². The van der Waals surface area contributed by atoms with Gasteiger partial charge in [0, 0.05) is 6.54 Å². The second-order valence-electron chi connectivity index (χ2n) is 6.44. The normalized spacial score (nSPS) is 10.6. The second-order valence-corrected chi connectivity index (χ2v) is 6.44. The molecule has 0 aliphatic heterocycles. The summed E-state index contributed by atoms with van der Waals surface area (Å²) >= 11 is 0. The van der Waals surface area contributed by atoms with Crippen LogP contribution in [0, 0.1) is 0 Å². The fraction of sp³-hybridized carbons (Fsp3) is 0.895. The lowest BCUT2D eigenvalue weighted by molar-refractivity contribution is 0.0924. The monoisotopic (exact) mass is 343 g/mol. The number of unbranched alkanes of at least 4 members (excludes halogenated alkanes) is 11. The summed E-state index contributed by atoms with van der Waals surface area (Å²) in [4.78, 5) is 23.7. The molecule has 0 aliphatic carbocycles. The van der Waals surface area contributed by atoms with E-state index in [1.807, 2.05) is 0 Å². The summed E-state index contributed by atoms with van der Waals surface area (Å²) in [5.74, 6) is 0. The van der Waals surface area contributed by atoms with Gasteiger partial charge in [0.25, 0.3) is 0 Å². The van der Waals surface area contributed by atoms with E-state index in [4.69, 9.17) is 9.84 Å². The standard InChI is InChI=1S/C19H37NO4/c1-3-5-7-9-10-11-12-13-15-17-24-19(23)20(18(21)22)16-14-8-6-4-2/h3-17H2,1-2H3,(H,21,22). The van der Waals surface area contributed by atoms with Crippen LogP contribution < -0.4 is 0 Å². The highest BCUT2D eigenvalue weighted by Gasteiger charge is 2.21. The zero-order valence-electron chi connectivity index (χ0n) is 15.7. The highest BCUT2D eigenvalue weighted by Crippen LogP contribution is 2.10. The third-order valence-electron chi connectivity index (χ3n) is 4.16. The molecule has 0 aromatic heterocycles. The van der Waals surface area contributed by atoms with E-state index in [1.165, 1.54) is 38.5 Å². The number of carboxylic acid groups (broad SMARTS) is 1. The molecule has 0 spiro atoms. The molecule has 0 radical (unpaired) electrons. The predicted molar refractivity (Wildman–Crippen MR) is 97.4 cm³/mol. The minimum absolute atomic E-state index is 0.228. The van der Waals surface area contributed by atoms with Crippen molar-refractivity contribution in [2.24, 2.45) is 0 Å². The first-order valence-corrected chi connectivity index (χ1v) is 9.80.